The summed E-state index contributed by atoms with van der Waals surface area (Å²) in [5, 5.41) is 2.15. The Kier molecular flexibility index (Phi) is 3.15. The van der Waals surface area contributed by atoms with Crippen LogP contribution in [0.2, 0.25) is 0 Å². The number of rotatable bonds is 1. The normalized spacial score (nSPS) is 10.1. The molecule has 1 N–H and O–H groups in total. The van der Waals surface area contributed by atoms with Crippen molar-refractivity contribution in [3.63, 3.8) is 0 Å². The van der Waals surface area contributed by atoms with E-state index in [1.807, 2.05) is 0 Å². The number of hydrogen-bond acceptors (Lipinski definition) is 1. The zero-order valence-electron chi connectivity index (χ0n) is 7.00. The third-order valence-electron chi connectivity index (χ3n) is 1.41. The van der Waals surface area contributed by atoms with Crippen LogP contribution in [0, 0.1) is 17.5 Å². The average molecular weight is 268 g/mol. The molecule has 14 heavy (non-hydrogen) atoms. The maximum Gasteiger partial charge on any atom is 0.221 e. The molecule has 1 aromatic rings. The molecule has 6 heteroatoms. The molecule has 0 aliphatic carbocycles. The Morgan fingerprint density at radius 1 is 1.36 bits per heavy atom. The molecule has 0 fully saturated rings. The van der Waals surface area contributed by atoms with Crippen molar-refractivity contribution in [1.29, 1.82) is 0 Å². The summed E-state index contributed by atoms with van der Waals surface area (Å²) >= 11 is 2.70. The van der Waals surface area contributed by atoms with Crippen LogP contribution < -0.4 is 5.32 Å². The fourth-order valence-electron chi connectivity index (χ4n) is 0.853. The molecule has 1 rings (SSSR count). The van der Waals surface area contributed by atoms with Gasteiger partial charge in [0.25, 0.3) is 0 Å². The first-order valence-electron chi connectivity index (χ1n) is 3.54. The minimum absolute atomic E-state index is 0.145. The molecule has 0 saturated carbocycles. The summed E-state index contributed by atoms with van der Waals surface area (Å²) in [6.45, 7) is 1.17. The number of halogens is 4. The maximum atomic E-state index is 12.9. The molecule has 0 aliphatic heterocycles. The molecule has 2 nitrogen and oxygen atoms in total. The Bertz CT molecular complexity index is 395. The SMILES string of the molecule is CC(=O)Nc1cc(F)c(F)c(F)c1Br. The van der Waals surface area contributed by atoms with Crippen LogP contribution in [0.15, 0.2) is 10.5 Å². The van der Waals surface area contributed by atoms with E-state index in [1.165, 1.54) is 6.92 Å². The van der Waals surface area contributed by atoms with Crippen LogP contribution in [0.4, 0.5) is 18.9 Å². The second-order valence-corrected chi connectivity index (χ2v) is 3.32. The van der Waals surface area contributed by atoms with Gasteiger partial charge in [-0.05, 0) is 15.9 Å². The standard InChI is InChI=1S/C8H5BrF3NO/c1-3(14)13-5-2-4(10)7(11)8(12)6(5)9/h2H,1H3,(H,13,14). The van der Waals surface area contributed by atoms with Crippen LogP contribution in [0.5, 0.6) is 0 Å². The Morgan fingerprint density at radius 3 is 2.43 bits per heavy atom. The Morgan fingerprint density at radius 2 is 1.93 bits per heavy atom. The summed E-state index contributed by atoms with van der Waals surface area (Å²) in [6, 6.07) is 0.698. The lowest BCUT2D eigenvalue weighted by Crippen LogP contribution is -2.08. The third-order valence-corrected chi connectivity index (χ3v) is 2.19. The molecule has 0 unspecified atom stereocenters. The van der Waals surface area contributed by atoms with E-state index in [0.29, 0.717) is 6.07 Å². The summed E-state index contributed by atoms with van der Waals surface area (Å²) in [4.78, 5) is 10.6. The van der Waals surface area contributed by atoms with Gasteiger partial charge in [-0.1, -0.05) is 0 Å². The van der Waals surface area contributed by atoms with Gasteiger partial charge in [-0.15, -0.1) is 0 Å². The van der Waals surface area contributed by atoms with E-state index >= 15 is 0 Å². The summed E-state index contributed by atoms with van der Waals surface area (Å²) in [5.74, 6) is -4.80. The number of carbonyl (C=O) groups excluding carboxylic acids is 1. The van der Waals surface area contributed by atoms with Crippen LogP contribution in [-0.4, -0.2) is 5.91 Å². The van der Waals surface area contributed by atoms with E-state index in [9.17, 15) is 18.0 Å². The number of carbonyl (C=O) groups is 1. The van der Waals surface area contributed by atoms with Crippen LogP contribution in [0.3, 0.4) is 0 Å². The predicted molar refractivity (Wildman–Crippen MR) is 48.3 cm³/mol. The van der Waals surface area contributed by atoms with E-state index in [1.54, 1.807) is 0 Å². The summed E-state index contributed by atoms with van der Waals surface area (Å²) in [6.07, 6.45) is 0. The lowest BCUT2D eigenvalue weighted by Gasteiger charge is -2.06. The molecular formula is C8H5BrF3NO. The zero-order valence-corrected chi connectivity index (χ0v) is 8.58. The van der Waals surface area contributed by atoms with Crippen LogP contribution >= 0.6 is 15.9 Å². The van der Waals surface area contributed by atoms with Gasteiger partial charge in [0.2, 0.25) is 5.91 Å². The smallest absolute Gasteiger partial charge is 0.221 e. The molecule has 1 amide bonds. The number of anilines is 1. The summed E-state index contributed by atoms with van der Waals surface area (Å²) in [7, 11) is 0. The molecule has 0 radical (unpaired) electrons. The van der Waals surface area contributed by atoms with Crippen molar-refractivity contribution in [1.82, 2.24) is 0 Å². The molecule has 1 aromatic carbocycles. The highest BCUT2D eigenvalue weighted by atomic mass is 79.9. The molecule has 76 valence electrons. The fourth-order valence-corrected chi connectivity index (χ4v) is 1.24. The van der Waals surface area contributed by atoms with Gasteiger partial charge in [-0.2, -0.15) is 0 Å². The second-order valence-electron chi connectivity index (χ2n) is 2.53. The van der Waals surface area contributed by atoms with Gasteiger partial charge in [0.15, 0.2) is 17.5 Å². The van der Waals surface area contributed by atoms with Gasteiger partial charge >= 0.3 is 0 Å². The molecule has 0 bridgehead atoms. The lowest BCUT2D eigenvalue weighted by molar-refractivity contribution is -0.114. The molecule has 0 aromatic heterocycles. The summed E-state index contributed by atoms with van der Waals surface area (Å²) < 4.78 is 37.9. The lowest BCUT2D eigenvalue weighted by atomic mass is 10.3. The molecule has 0 saturated heterocycles. The van der Waals surface area contributed by atoms with Crippen molar-refractivity contribution in [3.8, 4) is 0 Å². The van der Waals surface area contributed by atoms with Crippen molar-refractivity contribution in [2.45, 2.75) is 6.92 Å². The van der Waals surface area contributed by atoms with Crippen molar-refractivity contribution in [2.75, 3.05) is 5.32 Å². The van der Waals surface area contributed by atoms with E-state index in [-0.39, 0.29) is 10.2 Å². The van der Waals surface area contributed by atoms with Gasteiger partial charge in [0.1, 0.15) is 0 Å². The quantitative estimate of drug-likeness (QED) is 0.615. The highest BCUT2D eigenvalue weighted by Crippen LogP contribution is 2.29. The van der Waals surface area contributed by atoms with E-state index in [0.717, 1.165) is 0 Å². The van der Waals surface area contributed by atoms with Crippen molar-refractivity contribution in [2.24, 2.45) is 0 Å². The average Bonchev–Trinajstić information content (AvgIpc) is 2.10. The topological polar surface area (TPSA) is 29.1 Å². The number of nitrogens with one attached hydrogen (secondary N) is 1. The Labute approximate surface area is 86.2 Å². The number of hydrogen-bond donors (Lipinski definition) is 1. The first-order chi connectivity index (χ1) is 6.43. The van der Waals surface area contributed by atoms with Crippen LogP contribution in [-0.2, 0) is 4.79 Å². The number of amides is 1. The fraction of sp³-hybridized carbons (Fsp3) is 0.125. The molecular weight excluding hydrogens is 263 g/mol. The number of benzene rings is 1. The van der Waals surface area contributed by atoms with Gasteiger partial charge in [0, 0.05) is 13.0 Å². The van der Waals surface area contributed by atoms with Gasteiger partial charge in [-0.25, -0.2) is 13.2 Å². The van der Waals surface area contributed by atoms with Gasteiger partial charge in [0.05, 0.1) is 10.2 Å². The van der Waals surface area contributed by atoms with Crippen molar-refractivity contribution in [3.05, 3.63) is 28.0 Å². The van der Waals surface area contributed by atoms with E-state index in [4.69, 9.17) is 0 Å². The van der Waals surface area contributed by atoms with Crippen molar-refractivity contribution < 1.29 is 18.0 Å². The largest absolute Gasteiger partial charge is 0.325 e. The summed E-state index contributed by atoms with van der Waals surface area (Å²) in [5.41, 5.74) is -0.145. The van der Waals surface area contributed by atoms with Crippen LogP contribution in [0.1, 0.15) is 6.92 Å². The third kappa shape index (κ3) is 2.06. The highest BCUT2D eigenvalue weighted by molar-refractivity contribution is 9.10. The maximum absolute atomic E-state index is 12.9. The van der Waals surface area contributed by atoms with E-state index < -0.39 is 23.4 Å². The predicted octanol–water partition coefficient (Wildman–Crippen LogP) is 2.82. The van der Waals surface area contributed by atoms with Crippen molar-refractivity contribution >= 4 is 27.5 Å². The Balaban J connectivity index is 3.25. The van der Waals surface area contributed by atoms with Gasteiger partial charge < -0.3 is 5.32 Å². The minimum Gasteiger partial charge on any atom is -0.325 e. The molecule has 0 spiro atoms. The first kappa shape index (κ1) is 11.0. The zero-order chi connectivity index (χ0) is 10.9. The first-order valence-corrected chi connectivity index (χ1v) is 4.33. The minimum atomic E-state index is -1.58. The second kappa shape index (κ2) is 4.00. The molecule has 0 atom stereocenters. The monoisotopic (exact) mass is 267 g/mol. The van der Waals surface area contributed by atoms with Gasteiger partial charge in [-0.3, -0.25) is 4.79 Å². The highest BCUT2D eigenvalue weighted by Gasteiger charge is 2.17. The molecule has 0 aliphatic rings. The van der Waals surface area contributed by atoms with Crippen LogP contribution in [0.25, 0.3) is 0 Å². The Hall–Kier alpha value is -1.04. The van der Waals surface area contributed by atoms with E-state index in [2.05, 4.69) is 21.2 Å². The molecule has 0 heterocycles.